The van der Waals surface area contributed by atoms with E-state index in [1.807, 2.05) is 6.92 Å². The highest BCUT2D eigenvalue weighted by molar-refractivity contribution is 4.34. The summed E-state index contributed by atoms with van der Waals surface area (Å²) in [6.07, 6.45) is 0.745. The Balaban J connectivity index is 0. The minimum Gasteiger partial charge on any atom is -0.393 e. The van der Waals surface area contributed by atoms with Gasteiger partial charge in [-0.2, -0.15) is 0 Å². The van der Waals surface area contributed by atoms with E-state index in [0.717, 1.165) is 6.42 Å². The highest BCUT2D eigenvalue weighted by Gasteiger charge is 1.81. The number of nitrogens with zero attached hydrogens (tertiary/aromatic N) is 2. The predicted molar refractivity (Wildman–Crippen MR) is 25.4 cm³/mol. The summed E-state index contributed by atoms with van der Waals surface area (Å²) in [6, 6.07) is 0. The van der Waals surface area contributed by atoms with E-state index in [1.165, 1.54) is 0 Å². The molecule has 7 heavy (non-hydrogen) atoms. The first-order valence-corrected chi connectivity index (χ1v) is 2.15. The third kappa shape index (κ3) is 32.3. The van der Waals surface area contributed by atoms with Gasteiger partial charge < -0.3 is 5.11 Å². The third-order valence-electron chi connectivity index (χ3n) is 0.591. The fourth-order valence-corrected chi connectivity index (χ4v) is 0. The minimum atomic E-state index is -0.116. The molecule has 42 valence electrons. The molecule has 1 unspecified atom stereocenters. The van der Waals surface area contributed by atoms with Gasteiger partial charge in [0.2, 0.25) is 0 Å². The molecule has 0 spiro atoms. The smallest absolute Gasteiger partial charge is 0.0509 e. The Morgan fingerprint density at radius 3 is 1.71 bits per heavy atom. The molecule has 0 aliphatic heterocycles. The Morgan fingerprint density at radius 2 is 1.71 bits per heavy atom. The molecule has 1 N–H and O–H groups in total. The van der Waals surface area contributed by atoms with Gasteiger partial charge in [-0.25, -0.2) is 0 Å². The Bertz CT molecular complexity index is 42.2. The molecule has 3 heteroatoms. The van der Waals surface area contributed by atoms with Crippen LogP contribution in [-0.4, -0.2) is 11.2 Å². The highest BCUT2D eigenvalue weighted by Crippen LogP contribution is 1.81. The summed E-state index contributed by atoms with van der Waals surface area (Å²) in [5.41, 5.74) is 0. The number of aliphatic hydroxyl groups is 1. The van der Waals surface area contributed by atoms with Gasteiger partial charge in [-0.3, -0.25) is 0 Å². The van der Waals surface area contributed by atoms with Gasteiger partial charge >= 0.3 is 0 Å². The number of hydrogen-bond acceptors (Lipinski definition) is 3. The zero-order valence-corrected chi connectivity index (χ0v) is 4.63. The average molecular weight is 102 g/mol. The zero-order chi connectivity index (χ0) is 6.28. The Labute approximate surface area is 43.4 Å². The second-order valence-electron chi connectivity index (χ2n) is 1.26. The largest absolute Gasteiger partial charge is 0.393 e. The molecule has 3 nitrogen and oxygen atoms in total. The molecular weight excluding hydrogens is 92.1 g/mol. The van der Waals surface area contributed by atoms with Crippen LogP contribution in [0.1, 0.15) is 20.3 Å². The Morgan fingerprint density at radius 1 is 1.57 bits per heavy atom. The average Bonchev–Trinajstić information content (AvgIpc) is 1.73. The molecule has 0 saturated carbocycles. The lowest BCUT2D eigenvalue weighted by Crippen LogP contribution is -1.93. The van der Waals surface area contributed by atoms with Crippen molar-refractivity contribution >= 4 is 0 Å². The van der Waals surface area contributed by atoms with Crippen molar-refractivity contribution in [3.8, 4) is 0 Å². The summed E-state index contributed by atoms with van der Waals surface area (Å²) >= 11 is 0. The van der Waals surface area contributed by atoms with E-state index < -0.39 is 0 Å². The van der Waals surface area contributed by atoms with E-state index in [4.69, 9.17) is 15.9 Å². The van der Waals surface area contributed by atoms with Crippen molar-refractivity contribution in [1.29, 1.82) is 10.8 Å². The van der Waals surface area contributed by atoms with Crippen molar-refractivity contribution < 1.29 is 5.11 Å². The summed E-state index contributed by atoms with van der Waals surface area (Å²) in [7, 11) is 0. The second-order valence-corrected chi connectivity index (χ2v) is 1.26. The van der Waals surface area contributed by atoms with Crippen LogP contribution in [0.3, 0.4) is 0 Å². The first kappa shape index (κ1) is 9.63. The number of rotatable bonds is 1. The molecule has 0 aromatic carbocycles. The van der Waals surface area contributed by atoms with E-state index in [-0.39, 0.29) is 6.10 Å². The van der Waals surface area contributed by atoms with Crippen LogP contribution in [0.25, 0.3) is 0 Å². The molecule has 0 fully saturated rings. The first-order chi connectivity index (χ1) is 3.27. The lowest BCUT2D eigenvalue weighted by molar-refractivity contribution is 0.191. The maximum absolute atomic E-state index is 8.36. The van der Waals surface area contributed by atoms with E-state index >= 15 is 0 Å². The summed E-state index contributed by atoms with van der Waals surface area (Å²) in [6.45, 7) is 3.73. The normalized spacial score (nSPS) is 11.0. The van der Waals surface area contributed by atoms with Crippen LogP contribution in [0.2, 0.25) is 0 Å². The van der Waals surface area contributed by atoms with Crippen LogP contribution in [0.4, 0.5) is 0 Å². The first-order valence-electron chi connectivity index (χ1n) is 2.15. The molecule has 0 saturated heterocycles. The lowest BCUT2D eigenvalue weighted by Gasteiger charge is -1.90. The molecular formula is C4H10N2O. The summed E-state index contributed by atoms with van der Waals surface area (Å²) in [5.74, 6) is 0. The molecule has 0 bridgehead atoms. The van der Waals surface area contributed by atoms with Crippen molar-refractivity contribution in [2.75, 3.05) is 0 Å². The maximum atomic E-state index is 8.36. The fourth-order valence-electron chi connectivity index (χ4n) is 0. The summed E-state index contributed by atoms with van der Waals surface area (Å²) < 4.78 is 0. The predicted octanol–water partition coefficient (Wildman–Crippen LogP) is 0.807. The van der Waals surface area contributed by atoms with Crippen molar-refractivity contribution in [3.63, 3.8) is 0 Å². The Hall–Kier alpha value is -0.620. The molecule has 0 aromatic rings. The molecule has 0 heterocycles. The topological polar surface area (TPSA) is 67.8 Å². The second kappa shape index (κ2) is 9.03. The van der Waals surface area contributed by atoms with E-state index in [2.05, 4.69) is 0 Å². The van der Waals surface area contributed by atoms with Crippen molar-refractivity contribution in [3.05, 3.63) is 0 Å². The van der Waals surface area contributed by atoms with E-state index in [9.17, 15) is 0 Å². The number of aliphatic hydroxyl groups excluding tert-OH is 1. The van der Waals surface area contributed by atoms with Gasteiger partial charge in [0.15, 0.2) is 0 Å². The van der Waals surface area contributed by atoms with Gasteiger partial charge in [0.05, 0.1) is 6.10 Å². The zero-order valence-electron chi connectivity index (χ0n) is 4.63. The molecule has 0 aromatic heterocycles. The SMILES string of the molecule is CCC(C)O.N#N. The van der Waals surface area contributed by atoms with Crippen molar-refractivity contribution in [1.82, 2.24) is 0 Å². The van der Waals surface area contributed by atoms with Gasteiger partial charge in [0.25, 0.3) is 0 Å². The minimum absolute atomic E-state index is 0.116. The third-order valence-corrected chi connectivity index (χ3v) is 0.591. The van der Waals surface area contributed by atoms with Crippen LogP contribution in [-0.2, 0) is 0 Å². The molecule has 0 rings (SSSR count). The van der Waals surface area contributed by atoms with Crippen LogP contribution >= 0.6 is 0 Å². The van der Waals surface area contributed by atoms with Crippen molar-refractivity contribution in [2.45, 2.75) is 26.4 Å². The molecule has 0 amide bonds. The summed E-state index contributed by atoms with van der Waals surface area (Å²) in [4.78, 5) is 0. The molecule has 0 aliphatic rings. The maximum Gasteiger partial charge on any atom is 0.0509 e. The fraction of sp³-hybridized carbons (Fsp3) is 1.00. The molecule has 1 atom stereocenters. The quantitative estimate of drug-likeness (QED) is 0.498. The summed E-state index contributed by atoms with van der Waals surface area (Å²) in [5, 5.41) is 20.4. The van der Waals surface area contributed by atoms with Gasteiger partial charge in [-0.15, -0.1) is 0 Å². The van der Waals surface area contributed by atoms with Crippen LogP contribution < -0.4 is 0 Å². The van der Waals surface area contributed by atoms with Gasteiger partial charge in [-0.05, 0) is 13.3 Å². The van der Waals surface area contributed by atoms with Gasteiger partial charge in [0.1, 0.15) is 0 Å². The van der Waals surface area contributed by atoms with Crippen LogP contribution in [0.15, 0.2) is 0 Å². The lowest BCUT2D eigenvalue weighted by atomic mass is 10.3. The van der Waals surface area contributed by atoms with Gasteiger partial charge in [-0.1, -0.05) is 6.92 Å². The molecule has 0 aliphatic carbocycles. The number of hydrogen-bond donors (Lipinski definition) is 1. The van der Waals surface area contributed by atoms with Crippen LogP contribution in [0.5, 0.6) is 0 Å². The van der Waals surface area contributed by atoms with Gasteiger partial charge in [0, 0.05) is 10.8 Å². The molecule has 0 radical (unpaired) electrons. The monoisotopic (exact) mass is 102 g/mol. The standard InChI is InChI=1S/C4H10O.N2/c1-3-4(2)5;1-2/h4-5H,3H2,1-2H3;. The highest BCUT2D eigenvalue weighted by atomic mass is 16.3. The van der Waals surface area contributed by atoms with E-state index in [0.29, 0.717) is 0 Å². The van der Waals surface area contributed by atoms with Crippen LogP contribution in [0, 0.1) is 10.8 Å². The van der Waals surface area contributed by atoms with E-state index in [1.54, 1.807) is 6.92 Å². The Kier molecular flexibility index (Phi) is 12.4. The van der Waals surface area contributed by atoms with Crippen molar-refractivity contribution in [2.24, 2.45) is 0 Å².